The molecule has 0 aromatic carbocycles. The monoisotopic (exact) mass is 741 g/mol. The lowest BCUT2D eigenvalue weighted by molar-refractivity contribution is -0.232. The summed E-state index contributed by atoms with van der Waals surface area (Å²) in [5.41, 5.74) is 0.0488. The third-order valence-corrected chi connectivity index (χ3v) is 16.5. The molecule has 0 bridgehead atoms. The van der Waals surface area contributed by atoms with Gasteiger partial charge in [0.2, 0.25) is 5.91 Å². The van der Waals surface area contributed by atoms with Crippen LogP contribution in [-0.4, -0.2) is 44.8 Å². The van der Waals surface area contributed by atoms with E-state index in [0.717, 1.165) is 69.8 Å². The Hall–Kier alpha value is -3.36. The Balaban J connectivity index is 1.15. The molecule has 1 aromatic rings. The van der Waals surface area contributed by atoms with Crippen molar-refractivity contribution < 1.29 is 29.0 Å². The topological polar surface area (TPSA) is 136 Å². The number of esters is 1. The van der Waals surface area contributed by atoms with Gasteiger partial charge >= 0.3 is 11.9 Å². The van der Waals surface area contributed by atoms with E-state index in [1.807, 2.05) is 0 Å². The van der Waals surface area contributed by atoms with E-state index < -0.39 is 28.3 Å². The van der Waals surface area contributed by atoms with Gasteiger partial charge in [-0.2, -0.15) is 0 Å². The Labute approximate surface area is 322 Å². The van der Waals surface area contributed by atoms with Crippen LogP contribution in [0.25, 0.3) is 0 Å². The number of carboxylic acids is 1. The van der Waals surface area contributed by atoms with Crippen LogP contribution < -0.4 is 5.32 Å². The third-order valence-electron chi connectivity index (χ3n) is 16.5. The van der Waals surface area contributed by atoms with Crippen molar-refractivity contribution in [3.05, 3.63) is 47.6 Å². The number of hydrogen-bond acceptors (Lipinski definition) is 7. The first kappa shape index (κ1) is 38.9. The summed E-state index contributed by atoms with van der Waals surface area (Å²) in [7, 11) is 0. The summed E-state index contributed by atoms with van der Waals surface area (Å²) in [5, 5.41) is 12.8. The molecule has 6 aliphatic carbocycles. The first-order valence-electron chi connectivity index (χ1n) is 20.7. The summed E-state index contributed by atoms with van der Waals surface area (Å²) in [5.74, 6) is 0.555. The minimum Gasteiger partial charge on any atom is -0.481 e. The van der Waals surface area contributed by atoms with Gasteiger partial charge in [0, 0.05) is 29.6 Å². The van der Waals surface area contributed by atoms with Crippen molar-refractivity contribution in [2.24, 2.45) is 56.2 Å². The number of ketones is 1. The summed E-state index contributed by atoms with van der Waals surface area (Å²) in [4.78, 5) is 61.3. The van der Waals surface area contributed by atoms with Crippen molar-refractivity contribution in [1.82, 2.24) is 15.3 Å². The molecule has 2 N–H and O–H groups in total. The second kappa shape index (κ2) is 12.8. The maximum absolute atomic E-state index is 14.1. The predicted molar refractivity (Wildman–Crippen MR) is 206 cm³/mol. The summed E-state index contributed by atoms with van der Waals surface area (Å²) in [6.07, 6.45) is 16.8. The molecule has 1 amide bonds. The highest BCUT2D eigenvalue weighted by Crippen LogP contribution is 2.77. The average molecular weight is 742 g/mol. The lowest BCUT2D eigenvalue weighted by Gasteiger charge is -2.72. The molecule has 9 heteroatoms. The Morgan fingerprint density at radius 1 is 0.926 bits per heavy atom. The first-order valence-corrected chi connectivity index (χ1v) is 20.7. The number of aromatic nitrogens is 2. The van der Waals surface area contributed by atoms with Crippen molar-refractivity contribution in [1.29, 1.82) is 0 Å². The molecule has 5 saturated carbocycles. The van der Waals surface area contributed by atoms with Crippen LogP contribution in [0.2, 0.25) is 0 Å². The van der Waals surface area contributed by atoms with Gasteiger partial charge in [0.1, 0.15) is 11.6 Å². The fourth-order valence-electron chi connectivity index (χ4n) is 13.3. The van der Waals surface area contributed by atoms with E-state index in [-0.39, 0.29) is 57.7 Å². The molecule has 0 spiro atoms. The number of carbonyl (C=O) groups is 4. The normalized spacial score (nSPS) is 37.9. The van der Waals surface area contributed by atoms with E-state index in [1.165, 1.54) is 5.57 Å². The van der Waals surface area contributed by atoms with Crippen LogP contribution in [0.4, 0.5) is 0 Å². The molecule has 1 aromatic heterocycles. The van der Waals surface area contributed by atoms with Crippen LogP contribution in [0.15, 0.2) is 41.8 Å². The van der Waals surface area contributed by atoms with E-state index in [2.05, 4.69) is 69.8 Å². The van der Waals surface area contributed by atoms with Crippen molar-refractivity contribution >= 4 is 23.6 Å². The van der Waals surface area contributed by atoms with Crippen molar-refractivity contribution in [2.45, 2.75) is 151 Å². The van der Waals surface area contributed by atoms with Gasteiger partial charge in [0.15, 0.2) is 11.6 Å². The molecule has 6 aliphatic rings. The van der Waals surface area contributed by atoms with Crippen molar-refractivity contribution in [3.63, 3.8) is 0 Å². The number of hydrogen-bond donors (Lipinski definition) is 2. The van der Waals surface area contributed by atoms with Crippen LogP contribution in [0.3, 0.4) is 0 Å². The fraction of sp³-hybridized carbons (Fsp3) is 0.733. The van der Waals surface area contributed by atoms with E-state index in [1.54, 1.807) is 38.4 Å². The Bertz CT molecular complexity index is 1790. The molecule has 1 unspecified atom stereocenters. The minimum atomic E-state index is -1.17. The van der Waals surface area contributed by atoms with Crippen LogP contribution in [-0.2, 0) is 29.5 Å². The van der Waals surface area contributed by atoms with Gasteiger partial charge in [-0.25, -0.2) is 9.97 Å². The zero-order valence-electron chi connectivity index (χ0n) is 34.1. The Kier molecular flexibility index (Phi) is 9.25. The molecular weight excluding hydrogens is 679 g/mol. The standard InChI is InChI=1S/C45H63N3O6/c1-27(2)35-29(49)25-44(18-15-33(50)48-45(21-22-45)37-46-23-10-24-47-37)20-19-42(8)28(36(35)44)11-12-31-41(7)16-14-32(54-34(51)26-39(3,4)38(52)53)40(5,6)30(41)13-17-43(31,42)9/h10,15,18,23-24,27-28,30-32H,11-14,16-17,19-22,25-26H2,1-9H3,(H,48,50)(H,52,53)/b18-15+/t28-,30+,31?,32+,41+,42-,43-,44+/m1/s1. The lowest BCUT2D eigenvalue weighted by Crippen LogP contribution is -2.65. The van der Waals surface area contributed by atoms with Crippen molar-refractivity contribution in [2.75, 3.05) is 0 Å². The van der Waals surface area contributed by atoms with Crippen LogP contribution in [0.5, 0.6) is 0 Å². The van der Waals surface area contributed by atoms with Crippen molar-refractivity contribution in [3.8, 4) is 0 Å². The maximum atomic E-state index is 14.1. The quantitative estimate of drug-likeness (QED) is 0.190. The Morgan fingerprint density at radius 3 is 2.24 bits per heavy atom. The number of rotatable bonds is 9. The maximum Gasteiger partial charge on any atom is 0.309 e. The van der Waals surface area contributed by atoms with Gasteiger partial charge in [-0.15, -0.1) is 0 Å². The number of fused-ring (bicyclic) bond motifs is 7. The summed E-state index contributed by atoms with van der Waals surface area (Å²) >= 11 is 0. The summed E-state index contributed by atoms with van der Waals surface area (Å²) in [6, 6.07) is 1.79. The Morgan fingerprint density at radius 2 is 1.61 bits per heavy atom. The van der Waals surface area contributed by atoms with Crippen LogP contribution in [0, 0.1) is 56.2 Å². The highest BCUT2D eigenvalue weighted by Gasteiger charge is 2.70. The number of nitrogens with one attached hydrogen (secondary N) is 1. The van der Waals surface area contributed by atoms with E-state index in [9.17, 15) is 24.3 Å². The van der Waals surface area contributed by atoms with Crippen LogP contribution in [0.1, 0.15) is 145 Å². The number of amides is 1. The summed E-state index contributed by atoms with van der Waals surface area (Å²) in [6.45, 7) is 19.6. The van der Waals surface area contributed by atoms with Gasteiger partial charge in [-0.3, -0.25) is 19.2 Å². The zero-order chi connectivity index (χ0) is 39.3. The van der Waals surface area contributed by atoms with Gasteiger partial charge in [0.25, 0.3) is 0 Å². The number of nitrogens with zero attached hydrogens (tertiary/aromatic N) is 2. The number of ether oxygens (including phenoxy) is 1. The molecule has 8 atom stereocenters. The van der Waals surface area contributed by atoms with E-state index in [0.29, 0.717) is 24.1 Å². The molecule has 54 heavy (non-hydrogen) atoms. The number of carbonyl (C=O) groups excluding carboxylic acids is 3. The van der Waals surface area contributed by atoms with Gasteiger partial charge < -0.3 is 15.2 Å². The van der Waals surface area contributed by atoms with Gasteiger partial charge in [-0.1, -0.05) is 54.5 Å². The van der Waals surface area contributed by atoms with E-state index >= 15 is 0 Å². The van der Waals surface area contributed by atoms with Crippen LogP contribution >= 0.6 is 0 Å². The third kappa shape index (κ3) is 5.83. The molecular formula is C45H63N3O6. The highest BCUT2D eigenvalue weighted by molar-refractivity contribution is 6.01. The molecule has 7 rings (SSSR count). The molecule has 1 heterocycles. The largest absolute Gasteiger partial charge is 0.481 e. The number of allylic oxidation sites excluding steroid dienone is 3. The summed E-state index contributed by atoms with van der Waals surface area (Å²) < 4.78 is 6.17. The van der Waals surface area contributed by atoms with E-state index in [4.69, 9.17) is 4.74 Å². The van der Waals surface area contributed by atoms with Gasteiger partial charge in [-0.05, 0) is 141 Å². The average Bonchev–Trinajstić information content (AvgIpc) is 3.80. The molecule has 294 valence electrons. The number of carboxylic acid groups (broad SMARTS) is 1. The smallest absolute Gasteiger partial charge is 0.309 e. The second-order valence-electron chi connectivity index (χ2n) is 20.5. The highest BCUT2D eigenvalue weighted by atomic mass is 16.5. The zero-order valence-corrected chi connectivity index (χ0v) is 34.1. The second-order valence-corrected chi connectivity index (χ2v) is 20.5. The minimum absolute atomic E-state index is 0.0117. The SMILES string of the molecule is CC(C)C1=C2[C@H]3CCC4[C@@]5(C)CC[C@H](OC(=O)CC(C)(C)C(=O)O)C(C)(C)[C@@H]5CC[C@@]4(C)[C@]3(C)CC[C@@]2(/C=C/C(=O)NC2(c3ncccn3)CC2)CC1=O. The number of aliphatic carboxylic acids is 1. The molecule has 5 fully saturated rings. The molecule has 9 nitrogen and oxygen atoms in total. The number of Topliss-reactive ketones (excluding diaryl/α,β-unsaturated/α-hetero) is 1. The lowest BCUT2D eigenvalue weighted by atomic mass is 9.33. The van der Waals surface area contributed by atoms with Gasteiger partial charge in [0.05, 0.1) is 11.8 Å². The molecule has 0 saturated heterocycles. The fourth-order valence-corrected chi connectivity index (χ4v) is 13.3. The first-order chi connectivity index (χ1) is 25.2. The molecule has 0 radical (unpaired) electrons. The molecule has 0 aliphatic heterocycles. The predicted octanol–water partition coefficient (Wildman–Crippen LogP) is 8.53.